The number of para-hydroxylation sites is 1. The van der Waals surface area contributed by atoms with Crippen molar-refractivity contribution in [3.63, 3.8) is 0 Å². The zero-order chi connectivity index (χ0) is 13.2. The summed E-state index contributed by atoms with van der Waals surface area (Å²) in [6.45, 7) is 1.22. The monoisotopic (exact) mass is 258 g/mol. The molecule has 1 aromatic heterocycles. The lowest BCUT2D eigenvalue weighted by Crippen LogP contribution is -2.06. The summed E-state index contributed by atoms with van der Waals surface area (Å²) in [7, 11) is 0. The quantitative estimate of drug-likeness (QED) is 0.915. The number of carboxylic acids is 1. The van der Waals surface area contributed by atoms with Gasteiger partial charge in [-0.15, -0.1) is 0 Å². The van der Waals surface area contributed by atoms with Crippen molar-refractivity contribution in [2.24, 2.45) is 0 Å². The van der Waals surface area contributed by atoms with E-state index in [2.05, 4.69) is 5.10 Å². The molecule has 1 atom stereocenters. The van der Waals surface area contributed by atoms with Crippen LogP contribution in [0.15, 0.2) is 36.5 Å². The lowest BCUT2D eigenvalue weighted by molar-refractivity contribution is 0.0695. The fraction of sp³-hybridized carbons (Fsp3) is 0.286. The van der Waals surface area contributed by atoms with E-state index in [1.54, 1.807) is 10.9 Å². The number of benzene rings is 1. The maximum Gasteiger partial charge on any atom is 0.339 e. The van der Waals surface area contributed by atoms with Gasteiger partial charge in [0, 0.05) is 18.7 Å². The fourth-order valence-corrected chi connectivity index (χ4v) is 2.32. The molecule has 2 aromatic rings. The van der Waals surface area contributed by atoms with Crippen LogP contribution in [0.25, 0.3) is 5.69 Å². The Morgan fingerprint density at radius 2 is 2.16 bits per heavy atom. The summed E-state index contributed by atoms with van der Waals surface area (Å²) in [4.78, 5) is 11.3. The molecular formula is C14H14N2O3. The van der Waals surface area contributed by atoms with Crippen LogP contribution in [0, 0.1) is 0 Å². The molecule has 1 N–H and O–H groups in total. The molecule has 1 aliphatic rings. The summed E-state index contributed by atoms with van der Waals surface area (Å²) in [6, 6.07) is 9.50. The van der Waals surface area contributed by atoms with Crippen LogP contribution in [0.1, 0.15) is 28.4 Å². The second-order valence-corrected chi connectivity index (χ2v) is 4.57. The van der Waals surface area contributed by atoms with Crippen molar-refractivity contribution in [1.82, 2.24) is 9.78 Å². The maximum absolute atomic E-state index is 11.3. The molecule has 1 aromatic carbocycles. The van der Waals surface area contributed by atoms with Crippen LogP contribution < -0.4 is 0 Å². The standard InChI is InChI=1S/C14H14N2O3/c17-14(18)12-8-16(11-4-2-1-3-5-11)15-13(12)10-6-7-19-9-10/h1-5,8,10H,6-7,9H2,(H,17,18). The number of aromatic nitrogens is 2. The van der Waals surface area contributed by atoms with E-state index in [0.29, 0.717) is 18.9 Å². The molecule has 0 spiro atoms. The third-order valence-corrected chi connectivity index (χ3v) is 3.31. The largest absolute Gasteiger partial charge is 0.478 e. The average molecular weight is 258 g/mol. The number of hydrogen-bond acceptors (Lipinski definition) is 3. The van der Waals surface area contributed by atoms with Gasteiger partial charge in [-0.25, -0.2) is 9.48 Å². The molecule has 1 saturated heterocycles. The van der Waals surface area contributed by atoms with Gasteiger partial charge in [0.15, 0.2) is 0 Å². The number of hydrogen-bond donors (Lipinski definition) is 1. The van der Waals surface area contributed by atoms with Crippen LogP contribution in [-0.4, -0.2) is 34.1 Å². The third-order valence-electron chi connectivity index (χ3n) is 3.31. The number of aromatic carboxylic acids is 1. The summed E-state index contributed by atoms with van der Waals surface area (Å²) in [5.41, 5.74) is 1.74. The van der Waals surface area contributed by atoms with Crippen molar-refractivity contribution in [2.45, 2.75) is 12.3 Å². The number of carboxylic acid groups (broad SMARTS) is 1. The fourth-order valence-electron chi connectivity index (χ4n) is 2.32. The molecule has 3 rings (SSSR count). The van der Waals surface area contributed by atoms with Crippen molar-refractivity contribution in [3.8, 4) is 5.69 Å². The molecule has 98 valence electrons. The first-order valence-electron chi connectivity index (χ1n) is 6.22. The van der Waals surface area contributed by atoms with Crippen LogP contribution >= 0.6 is 0 Å². The highest BCUT2D eigenvalue weighted by molar-refractivity contribution is 5.89. The molecule has 0 radical (unpaired) electrons. The van der Waals surface area contributed by atoms with Crippen LogP contribution in [0.5, 0.6) is 0 Å². The van der Waals surface area contributed by atoms with E-state index in [-0.39, 0.29) is 11.5 Å². The highest BCUT2D eigenvalue weighted by atomic mass is 16.5. The Hall–Kier alpha value is -2.14. The van der Waals surface area contributed by atoms with E-state index in [1.807, 2.05) is 30.3 Å². The minimum absolute atomic E-state index is 0.0797. The molecule has 0 aliphatic carbocycles. The van der Waals surface area contributed by atoms with Crippen LogP contribution in [0.3, 0.4) is 0 Å². The van der Waals surface area contributed by atoms with Gasteiger partial charge in [-0.2, -0.15) is 5.10 Å². The van der Waals surface area contributed by atoms with Gasteiger partial charge in [-0.1, -0.05) is 18.2 Å². The summed E-state index contributed by atoms with van der Waals surface area (Å²) >= 11 is 0. The minimum atomic E-state index is -0.941. The highest BCUT2D eigenvalue weighted by Gasteiger charge is 2.27. The molecule has 0 amide bonds. The van der Waals surface area contributed by atoms with E-state index in [1.165, 1.54) is 0 Å². The Bertz CT molecular complexity index is 586. The first kappa shape index (κ1) is 11.9. The normalized spacial score (nSPS) is 18.6. The van der Waals surface area contributed by atoms with Gasteiger partial charge in [-0.3, -0.25) is 0 Å². The van der Waals surface area contributed by atoms with Crippen molar-refractivity contribution < 1.29 is 14.6 Å². The predicted octanol–water partition coefficient (Wildman–Crippen LogP) is 2.07. The molecule has 5 heteroatoms. The van der Waals surface area contributed by atoms with Crippen molar-refractivity contribution in [1.29, 1.82) is 0 Å². The van der Waals surface area contributed by atoms with Crippen LogP contribution in [-0.2, 0) is 4.74 Å². The first-order chi connectivity index (χ1) is 9.25. The van der Waals surface area contributed by atoms with Gasteiger partial charge in [0.1, 0.15) is 5.56 Å². The van der Waals surface area contributed by atoms with Gasteiger partial charge >= 0.3 is 5.97 Å². The van der Waals surface area contributed by atoms with Gasteiger partial charge in [0.2, 0.25) is 0 Å². The maximum atomic E-state index is 11.3. The number of carbonyl (C=O) groups is 1. The van der Waals surface area contributed by atoms with Gasteiger partial charge < -0.3 is 9.84 Å². The molecule has 1 aliphatic heterocycles. The Labute approximate surface area is 110 Å². The summed E-state index contributed by atoms with van der Waals surface area (Å²) < 4.78 is 6.94. The third kappa shape index (κ3) is 2.24. The Balaban J connectivity index is 2.04. The van der Waals surface area contributed by atoms with E-state index >= 15 is 0 Å². The van der Waals surface area contributed by atoms with E-state index in [9.17, 15) is 9.90 Å². The Morgan fingerprint density at radius 1 is 1.37 bits per heavy atom. The number of ether oxygens (including phenoxy) is 1. The van der Waals surface area contributed by atoms with Gasteiger partial charge in [0.05, 0.1) is 18.0 Å². The highest BCUT2D eigenvalue weighted by Crippen LogP contribution is 2.27. The zero-order valence-corrected chi connectivity index (χ0v) is 10.3. The predicted molar refractivity (Wildman–Crippen MR) is 68.7 cm³/mol. The lowest BCUT2D eigenvalue weighted by Gasteiger charge is -2.04. The average Bonchev–Trinajstić information content (AvgIpc) is 3.08. The minimum Gasteiger partial charge on any atom is -0.478 e. The summed E-state index contributed by atoms with van der Waals surface area (Å²) in [6.07, 6.45) is 2.40. The Kier molecular flexibility index (Phi) is 3.05. The van der Waals surface area contributed by atoms with Crippen LogP contribution in [0.2, 0.25) is 0 Å². The number of nitrogens with zero attached hydrogens (tertiary/aromatic N) is 2. The molecule has 19 heavy (non-hydrogen) atoms. The zero-order valence-electron chi connectivity index (χ0n) is 10.3. The molecule has 1 unspecified atom stereocenters. The van der Waals surface area contributed by atoms with E-state index in [4.69, 9.17) is 4.74 Å². The van der Waals surface area contributed by atoms with E-state index in [0.717, 1.165) is 12.1 Å². The molecular weight excluding hydrogens is 244 g/mol. The lowest BCUT2D eigenvalue weighted by atomic mass is 10.0. The molecule has 1 fully saturated rings. The second-order valence-electron chi connectivity index (χ2n) is 4.57. The van der Waals surface area contributed by atoms with Crippen LogP contribution in [0.4, 0.5) is 0 Å². The molecule has 0 bridgehead atoms. The van der Waals surface area contributed by atoms with Crippen molar-refractivity contribution in [2.75, 3.05) is 13.2 Å². The number of rotatable bonds is 3. The molecule has 2 heterocycles. The summed E-state index contributed by atoms with van der Waals surface area (Å²) in [5, 5.41) is 13.7. The molecule has 0 saturated carbocycles. The molecule has 5 nitrogen and oxygen atoms in total. The van der Waals surface area contributed by atoms with Gasteiger partial charge in [-0.05, 0) is 18.6 Å². The topological polar surface area (TPSA) is 64.3 Å². The van der Waals surface area contributed by atoms with Gasteiger partial charge in [0.25, 0.3) is 0 Å². The second kappa shape index (κ2) is 4.85. The first-order valence-corrected chi connectivity index (χ1v) is 6.22. The SMILES string of the molecule is O=C(O)c1cn(-c2ccccc2)nc1C1CCOC1. The Morgan fingerprint density at radius 3 is 2.79 bits per heavy atom. The smallest absolute Gasteiger partial charge is 0.339 e. The van der Waals surface area contributed by atoms with Crippen molar-refractivity contribution in [3.05, 3.63) is 47.8 Å². The summed E-state index contributed by atoms with van der Waals surface area (Å²) in [5.74, 6) is -0.861. The van der Waals surface area contributed by atoms with E-state index < -0.39 is 5.97 Å². The van der Waals surface area contributed by atoms with Crippen molar-refractivity contribution >= 4 is 5.97 Å².